The average molecular weight is 593 g/mol. The van der Waals surface area contributed by atoms with E-state index in [9.17, 15) is 14.7 Å². The fourth-order valence-corrected chi connectivity index (χ4v) is 6.78. The number of ether oxygens (including phenoxy) is 2. The molecule has 1 unspecified atom stereocenters. The van der Waals surface area contributed by atoms with Crippen LogP contribution in [0.1, 0.15) is 47.5 Å². The molecule has 8 bridgehead atoms. The summed E-state index contributed by atoms with van der Waals surface area (Å²) in [5, 5.41) is 15.2. The molecule has 1 saturated heterocycles. The summed E-state index contributed by atoms with van der Waals surface area (Å²) in [4.78, 5) is 40.5. The van der Waals surface area contributed by atoms with Crippen molar-refractivity contribution in [2.75, 3.05) is 14.2 Å². The highest BCUT2D eigenvalue weighted by molar-refractivity contribution is 6.24. The van der Waals surface area contributed by atoms with Gasteiger partial charge in [-0.3, -0.25) is 9.59 Å². The lowest BCUT2D eigenvalue weighted by atomic mass is 9.84. The number of carbonyl (C=O) groups is 2. The van der Waals surface area contributed by atoms with Crippen LogP contribution in [0.5, 0.6) is 0 Å². The van der Waals surface area contributed by atoms with Crippen LogP contribution in [0, 0.1) is 17.8 Å². The number of esters is 2. The molecule has 226 valence electrons. The lowest BCUT2D eigenvalue weighted by Gasteiger charge is -2.20. The van der Waals surface area contributed by atoms with Crippen LogP contribution < -0.4 is 5.32 Å². The second kappa shape index (κ2) is 10.7. The van der Waals surface area contributed by atoms with E-state index in [1.54, 1.807) is 0 Å². The predicted molar refractivity (Wildman–Crippen MR) is 170 cm³/mol. The summed E-state index contributed by atoms with van der Waals surface area (Å²) in [6.07, 6.45) is 8.41. The molecule has 0 spiro atoms. The smallest absolute Gasteiger partial charge is 0.321 e. The van der Waals surface area contributed by atoms with E-state index in [0.29, 0.717) is 29.0 Å². The van der Waals surface area contributed by atoms with Gasteiger partial charge in [-0.25, -0.2) is 15.0 Å². The maximum atomic E-state index is 13.3. The summed E-state index contributed by atoms with van der Waals surface area (Å²) >= 11 is 0. The maximum Gasteiger partial charge on any atom is 0.321 e. The standard InChI is InChI=1S/C35H36N4O5/c1-9-20-17(4)24-13-25-18(5)21(10-11-28(40)43-7)32(38-25)30-31(35(42)44-8)34(41)29-19(6)26(39-33(29)30)12-22-15(2)16(3)23(36-22)14-27(20)37-24/h9,12-14,18,21,31,38,41H,1,10-11H2,2-8H3/t18-,21-,31?/m0/s1. The number of aliphatic hydroxyl groups is 1. The molecule has 0 aromatic rings. The van der Waals surface area contributed by atoms with Gasteiger partial charge in [0, 0.05) is 46.4 Å². The molecule has 1 fully saturated rings. The number of aliphatic hydroxyl groups excluding tert-OH is 1. The van der Waals surface area contributed by atoms with E-state index in [0.717, 1.165) is 62.1 Å². The highest BCUT2D eigenvalue weighted by Crippen LogP contribution is 2.49. The summed E-state index contributed by atoms with van der Waals surface area (Å²) in [6.45, 7) is 14.1. The van der Waals surface area contributed by atoms with Crippen LogP contribution in [0.2, 0.25) is 0 Å². The largest absolute Gasteiger partial charge is 0.510 e. The molecule has 0 saturated carbocycles. The molecule has 3 atom stereocenters. The van der Waals surface area contributed by atoms with Crippen molar-refractivity contribution in [2.24, 2.45) is 32.7 Å². The highest BCUT2D eigenvalue weighted by atomic mass is 16.5. The Morgan fingerprint density at radius 3 is 2.34 bits per heavy atom. The van der Waals surface area contributed by atoms with Crippen molar-refractivity contribution in [3.8, 4) is 0 Å². The maximum absolute atomic E-state index is 13.3. The molecule has 0 aromatic heterocycles. The lowest BCUT2D eigenvalue weighted by molar-refractivity contribution is -0.143. The van der Waals surface area contributed by atoms with Crippen molar-refractivity contribution < 1.29 is 24.2 Å². The van der Waals surface area contributed by atoms with Gasteiger partial charge in [-0.05, 0) is 74.6 Å². The Labute approximate surface area is 256 Å². The predicted octanol–water partition coefficient (Wildman–Crippen LogP) is 5.81. The van der Waals surface area contributed by atoms with Gasteiger partial charge in [-0.1, -0.05) is 19.6 Å². The summed E-state index contributed by atoms with van der Waals surface area (Å²) in [5.41, 5.74) is 11.8. The molecule has 2 N–H and O–H groups in total. The van der Waals surface area contributed by atoms with Crippen LogP contribution in [0.25, 0.3) is 0 Å². The molecule has 1 aliphatic carbocycles. The van der Waals surface area contributed by atoms with E-state index in [4.69, 9.17) is 24.5 Å². The Balaban J connectivity index is 1.65. The molecular formula is C35H36N4O5. The Hall–Kier alpha value is -4.79. The van der Waals surface area contributed by atoms with Gasteiger partial charge < -0.3 is 19.9 Å². The Kier molecular flexibility index (Phi) is 7.14. The minimum absolute atomic E-state index is 0.0797. The van der Waals surface area contributed by atoms with Crippen molar-refractivity contribution >= 4 is 29.1 Å². The monoisotopic (exact) mass is 592 g/mol. The van der Waals surface area contributed by atoms with E-state index in [-0.39, 0.29) is 30.0 Å². The molecule has 9 nitrogen and oxygen atoms in total. The minimum Gasteiger partial charge on any atom is -0.510 e. The number of carbonyl (C=O) groups excluding carboxylic acids is 2. The molecule has 6 aliphatic rings. The zero-order valence-electron chi connectivity index (χ0n) is 26.1. The first-order chi connectivity index (χ1) is 21.0. The second-order valence-electron chi connectivity index (χ2n) is 11.8. The number of hydrogen-bond acceptors (Lipinski definition) is 9. The second-order valence-corrected chi connectivity index (χ2v) is 11.8. The number of allylic oxidation sites excluding steroid dienone is 11. The highest BCUT2D eigenvalue weighted by Gasteiger charge is 2.49. The van der Waals surface area contributed by atoms with Gasteiger partial charge in [-0.15, -0.1) is 0 Å². The first-order valence-corrected chi connectivity index (χ1v) is 14.7. The van der Waals surface area contributed by atoms with Crippen LogP contribution in [0.4, 0.5) is 0 Å². The number of aliphatic imine (C=N–C) groups is 3. The third-order valence-corrected chi connectivity index (χ3v) is 9.58. The number of fused-ring (bicyclic) bond motifs is 5. The quantitative estimate of drug-likeness (QED) is 0.389. The third-order valence-electron chi connectivity index (χ3n) is 9.58. The van der Waals surface area contributed by atoms with Crippen molar-refractivity contribution in [2.45, 2.75) is 47.5 Å². The zero-order valence-corrected chi connectivity index (χ0v) is 26.1. The molecule has 5 aliphatic heterocycles. The molecular weight excluding hydrogens is 556 g/mol. The van der Waals surface area contributed by atoms with Crippen LogP contribution in [0.15, 0.2) is 119 Å². The molecule has 5 heterocycles. The fourth-order valence-electron chi connectivity index (χ4n) is 6.78. The molecule has 0 aromatic carbocycles. The molecule has 0 radical (unpaired) electrons. The van der Waals surface area contributed by atoms with Gasteiger partial charge in [0.25, 0.3) is 0 Å². The van der Waals surface area contributed by atoms with Crippen molar-refractivity contribution in [1.29, 1.82) is 0 Å². The summed E-state index contributed by atoms with van der Waals surface area (Å²) in [6, 6.07) is 0. The van der Waals surface area contributed by atoms with Gasteiger partial charge in [0.05, 0.1) is 48.4 Å². The van der Waals surface area contributed by atoms with Crippen LogP contribution in [0.3, 0.4) is 0 Å². The summed E-state index contributed by atoms with van der Waals surface area (Å²) < 4.78 is 10.2. The van der Waals surface area contributed by atoms with Crippen LogP contribution in [-0.2, 0) is 19.1 Å². The van der Waals surface area contributed by atoms with E-state index in [1.807, 2.05) is 52.0 Å². The lowest BCUT2D eigenvalue weighted by Crippen LogP contribution is -2.25. The molecule has 44 heavy (non-hydrogen) atoms. The van der Waals surface area contributed by atoms with Gasteiger partial charge in [0.1, 0.15) is 11.7 Å². The SMILES string of the molecule is C=CC1=C(C)C2=NC1=CC1=NC(=CC3=C(C)C4=C(O)C(C(=O)OC)C(=C5NC(=C2)[C@@H](C)[C@@H]5CCC(=O)OC)C4=N3)C(C)=C1C. The fraction of sp³-hybridized carbons (Fsp3) is 0.343. The van der Waals surface area contributed by atoms with Crippen molar-refractivity contribution in [3.05, 3.63) is 104 Å². The first-order valence-electron chi connectivity index (χ1n) is 14.7. The van der Waals surface area contributed by atoms with Crippen molar-refractivity contribution in [3.63, 3.8) is 0 Å². The van der Waals surface area contributed by atoms with E-state index < -0.39 is 11.9 Å². The molecule has 6 rings (SSSR count). The number of rotatable bonds is 5. The Bertz CT molecular complexity index is 1810. The Morgan fingerprint density at radius 1 is 0.955 bits per heavy atom. The van der Waals surface area contributed by atoms with E-state index in [1.165, 1.54) is 14.2 Å². The molecule has 9 heteroatoms. The minimum atomic E-state index is -1.06. The molecule has 0 amide bonds. The van der Waals surface area contributed by atoms with Gasteiger partial charge in [0.15, 0.2) is 0 Å². The summed E-state index contributed by atoms with van der Waals surface area (Å²) in [5.74, 6) is -2.34. The topological polar surface area (TPSA) is 122 Å². The normalized spacial score (nSPS) is 25.6. The van der Waals surface area contributed by atoms with E-state index in [2.05, 4.69) is 18.8 Å². The third kappa shape index (κ3) is 4.32. The van der Waals surface area contributed by atoms with Crippen molar-refractivity contribution in [1.82, 2.24) is 5.32 Å². The van der Waals surface area contributed by atoms with Crippen LogP contribution in [-0.4, -0.2) is 48.4 Å². The van der Waals surface area contributed by atoms with Gasteiger partial charge in [0.2, 0.25) is 0 Å². The van der Waals surface area contributed by atoms with Crippen LogP contribution >= 0.6 is 0 Å². The van der Waals surface area contributed by atoms with Gasteiger partial charge in [-0.2, -0.15) is 0 Å². The number of methoxy groups -OCH3 is 2. The number of nitrogens with one attached hydrogen (secondary N) is 1. The average Bonchev–Trinajstić information content (AvgIpc) is 3.74. The van der Waals surface area contributed by atoms with E-state index >= 15 is 0 Å². The summed E-state index contributed by atoms with van der Waals surface area (Å²) in [7, 11) is 2.68. The first kappa shape index (κ1) is 29.3. The van der Waals surface area contributed by atoms with Gasteiger partial charge >= 0.3 is 11.9 Å². The Morgan fingerprint density at radius 2 is 1.66 bits per heavy atom. The number of hydrogen-bond donors (Lipinski definition) is 2. The zero-order chi connectivity index (χ0) is 31.6. The number of nitrogens with zero attached hydrogens (tertiary/aromatic N) is 3.